The summed E-state index contributed by atoms with van der Waals surface area (Å²) < 4.78 is 3.01. The summed E-state index contributed by atoms with van der Waals surface area (Å²) in [5, 5.41) is 18.9. The Morgan fingerprint density at radius 2 is 1.76 bits per heavy atom. The summed E-state index contributed by atoms with van der Waals surface area (Å²) in [6.07, 6.45) is 2.59. The molecule has 1 N–H and O–H groups in total. The standard InChI is InChI=1S/C25H29N7O2/c1-5-6-11-22-28-32(25(3,4)17(2)33)24(34)31(22)16-18-12-14-19(15-13-18)20-9-7-8-10-21(20)23-26-29-30-27-23/h7-10,12-15H,5-6,11,16H2,1-4H3,(H,26,27,29,30). The number of carbonyl (C=O) groups is 1. The highest BCUT2D eigenvalue weighted by molar-refractivity contribution is 5.83. The van der Waals surface area contributed by atoms with Gasteiger partial charge >= 0.3 is 5.69 Å². The molecule has 0 aliphatic rings. The lowest BCUT2D eigenvalue weighted by Crippen LogP contribution is -2.42. The Hall–Kier alpha value is -3.88. The van der Waals surface area contributed by atoms with Crippen LogP contribution in [0, 0.1) is 0 Å². The number of nitrogens with one attached hydrogen (secondary N) is 1. The van der Waals surface area contributed by atoms with E-state index in [1.165, 1.54) is 11.6 Å². The number of tetrazole rings is 1. The third-order valence-electron chi connectivity index (χ3n) is 6.20. The first-order chi connectivity index (χ1) is 16.3. The maximum absolute atomic E-state index is 13.3. The molecule has 0 bridgehead atoms. The van der Waals surface area contributed by atoms with E-state index in [1.54, 1.807) is 18.4 Å². The zero-order chi connectivity index (χ0) is 24.3. The van der Waals surface area contributed by atoms with Gasteiger partial charge in [-0.1, -0.05) is 61.9 Å². The molecular weight excluding hydrogens is 430 g/mol. The molecule has 0 saturated carbocycles. The molecule has 9 heteroatoms. The molecule has 0 unspecified atom stereocenters. The normalized spacial score (nSPS) is 11.6. The van der Waals surface area contributed by atoms with Crippen molar-refractivity contribution in [1.82, 2.24) is 35.0 Å². The van der Waals surface area contributed by atoms with E-state index in [1.807, 2.05) is 48.5 Å². The van der Waals surface area contributed by atoms with Crippen LogP contribution in [0.5, 0.6) is 0 Å². The van der Waals surface area contributed by atoms with Crippen LogP contribution >= 0.6 is 0 Å². The number of aromatic amines is 1. The molecule has 0 aliphatic carbocycles. The number of aryl methyl sites for hydroxylation is 1. The van der Waals surface area contributed by atoms with Crippen molar-refractivity contribution in [2.45, 2.75) is 59.0 Å². The van der Waals surface area contributed by atoms with E-state index >= 15 is 0 Å². The molecule has 34 heavy (non-hydrogen) atoms. The summed E-state index contributed by atoms with van der Waals surface area (Å²) in [4.78, 5) is 25.4. The minimum Gasteiger partial charge on any atom is -0.297 e. The second kappa shape index (κ2) is 9.54. The molecule has 0 spiro atoms. The first-order valence-electron chi connectivity index (χ1n) is 11.4. The molecule has 4 rings (SSSR count). The lowest BCUT2D eigenvalue weighted by Gasteiger charge is -2.20. The lowest BCUT2D eigenvalue weighted by atomic mass is 9.98. The molecule has 0 aliphatic heterocycles. The summed E-state index contributed by atoms with van der Waals surface area (Å²) in [5.41, 5.74) is 2.60. The maximum Gasteiger partial charge on any atom is 0.347 e. The molecule has 0 atom stereocenters. The SMILES string of the molecule is CCCCc1nn(C(C)(C)C(C)=O)c(=O)n1Cc1ccc(-c2ccccc2-c2nn[nH]n2)cc1. The number of H-pyrrole nitrogens is 1. The molecule has 176 valence electrons. The van der Waals surface area contributed by atoms with Gasteiger partial charge in [-0.05, 0) is 49.1 Å². The van der Waals surface area contributed by atoms with Crippen molar-refractivity contribution in [2.75, 3.05) is 0 Å². The molecule has 0 fully saturated rings. The molecule has 2 aromatic carbocycles. The Bertz CT molecular complexity index is 1330. The van der Waals surface area contributed by atoms with Gasteiger partial charge in [0.05, 0.1) is 6.54 Å². The average Bonchev–Trinajstić information content (AvgIpc) is 3.47. The third kappa shape index (κ3) is 4.46. The predicted molar refractivity (Wildman–Crippen MR) is 129 cm³/mol. The molecule has 0 radical (unpaired) electrons. The molecule has 9 nitrogen and oxygen atoms in total. The fraction of sp³-hybridized carbons (Fsp3) is 0.360. The first kappa shape index (κ1) is 23.3. The number of aromatic nitrogens is 7. The minimum absolute atomic E-state index is 0.106. The van der Waals surface area contributed by atoms with Crippen LogP contribution in [-0.4, -0.2) is 40.8 Å². The Morgan fingerprint density at radius 1 is 1.06 bits per heavy atom. The van der Waals surface area contributed by atoms with Gasteiger partial charge in [-0.3, -0.25) is 9.36 Å². The van der Waals surface area contributed by atoms with Gasteiger partial charge in [0.1, 0.15) is 11.4 Å². The van der Waals surface area contributed by atoms with Crippen LogP contribution in [0.1, 0.15) is 51.9 Å². The van der Waals surface area contributed by atoms with Crippen molar-refractivity contribution < 1.29 is 4.79 Å². The Kier molecular flexibility index (Phi) is 6.54. The quantitative estimate of drug-likeness (QED) is 0.409. The molecule has 0 amide bonds. The average molecular weight is 460 g/mol. The number of ketones is 1. The second-order valence-corrected chi connectivity index (χ2v) is 8.89. The van der Waals surface area contributed by atoms with E-state index in [-0.39, 0.29) is 11.5 Å². The number of benzene rings is 2. The van der Waals surface area contributed by atoms with Gasteiger partial charge in [-0.15, -0.1) is 10.2 Å². The summed E-state index contributed by atoms with van der Waals surface area (Å²) >= 11 is 0. The van der Waals surface area contributed by atoms with Gasteiger partial charge in [0.25, 0.3) is 0 Å². The van der Waals surface area contributed by atoms with Crippen LogP contribution in [0.2, 0.25) is 0 Å². The molecule has 4 aromatic rings. The van der Waals surface area contributed by atoms with E-state index in [9.17, 15) is 9.59 Å². The highest BCUT2D eigenvalue weighted by Gasteiger charge is 2.31. The molecule has 2 aromatic heterocycles. The number of hydrogen-bond acceptors (Lipinski definition) is 6. The van der Waals surface area contributed by atoms with E-state index in [0.29, 0.717) is 24.6 Å². The second-order valence-electron chi connectivity index (χ2n) is 8.89. The fourth-order valence-electron chi connectivity index (χ4n) is 3.81. The van der Waals surface area contributed by atoms with Crippen molar-refractivity contribution in [2.24, 2.45) is 0 Å². The van der Waals surface area contributed by atoms with Crippen LogP contribution < -0.4 is 5.69 Å². The Morgan fingerprint density at radius 3 is 2.38 bits per heavy atom. The monoisotopic (exact) mass is 459 g/mol. The summed E-state index contributed by atoms with van der Waals surface area (Å²) in [7, 11) is 0. The highest BCUT2D eigenvalue weighted by atomic mass is 16.2. The molecule has 2 heterocycles. The topological polar surface area (TPSA) is 111 Å². The Balaban J connectivity index is 1.67. The minimum atomic E-state index is -0.994. The smallest absolute Gasteiger partial charge is 0.297 e. The van der Waals surface area contributed by atoms with Crippen LogP contribution in [0.4, 0.5) is 0 Å². The first-order valence-corrected chi connectivity index (χ1v) is 11.4. The lowest BCUT2D eigenvalue weighted by molar-refractivity contribution is -0.124. The van der Waals surface area contributed by atoms with E-state index < -0.39 is 5.54 Å². The van der Waals surface area contributed by atoms with Crippen molar-refractivity contribution in [3.05, 3.63) is 70.4 Å². The van der Waals surface area contributed by atoms with Crippen molar-refractivity contribution in [3.8, 4) is 22.5 Å². The zero-order valence-corrected chi connectivity index (χ0v) is 19.9. The van der Waals surface area contributed by atoms with Crippen LogP contribution in [0.3, 0.4) is 0 Å². The fourth-order valence-corrected chi connectivity index (χ4v) is 3.81. The third-order valence-corrected chi connectivity index (χ3v) is 6.20. The maximum atomic E-state index is 13.3. The van der Waals surface area contributed by atoms with Crippen molar-refractivity contribution in [3.63, 3.8) is 0 Å². The summed E-state index contributed by atoms with van der Waals surface area (Å²) in [5.74, 6) is 1.13. The number of carbonyl (C=O) groups excluding carboxylic acids is 1. The molecule has 0 saturated heterocycles. The Labute approximate surface area is 197 Å². The number of Topliss-reactive ketones (excluding diaryl/α,β-unsaturated/α-hetero) is 1. The number of nitrogens with zero attached hydrogens (tertiary/aromatic N) is 6. The van der Waals surface area contributed by atoms with Crippen molar-refractivity contribution in [1.29, 1.82) is 0 Å². The van der Waals surface area contributed by atoms with Gasteiger partial charge in [-0.2, -0.15) is 15.0 Å². The summed E-state index contributed by atoms with van der Waals surface area (Å²) in [6, 6.07) is 15.9. The van der Waals surface area contributed by atoms with Gasteiger partial charge < -0.3 is 0 Å². The van der Waals surface area contributed by atoms with E-state index in [2.05, 4.69) is 32.6 Å². The summed E-state index contributed by atoms with van der Waals surface area (Å²) in [6.45, 7) is 7.44. The number of unbranched alkanes of at least 4 members (excludes halogenated alkanes) is 1. The van der Waals surface area contributed by atoms with Gasteiger partial charge in [0.2, 0.25) is 5.82 Å². The number of rotatable bonds is 9. The molecular formula is C25H29N7O2. The van der Waals surface area contributed by atoms with E-state index in [0.717, 1.165) is 35.1 Å². The zero-order valence-electron chi connectivity index (χ0n) is 19.9. The van der Waals surface area contributed by atoms with E-state index in [4.69, 9.17) is 0 Å². The van der Waals surface area contributed by atoms with Crippen molar-refractivity contribution >= 4 is 5.78 Å². The number of hydrogen-bond donors (Lipinski definition) is 1. The largest absolute Gasteiger partial charge is 0.347 e. The van der Waals surface area contributed by atoms with Crippen LogP contribution in [-0.2, 0) is 23.3 Å². The van der Waals surface area contributed by atoms with Gasteiger partial charge in [0.15, 0.2) is 5.78 Å². The van der Waals surface area contributed by atoms with Crippen LogP contribution in [0.15, 0.2) is 53.3 Å². The highest BCUT2D eigenvalue weighted by Crippen LogP contribution is 2.29. The van der Waals surface area contributed by atoms with Crippen LogP contribution in [0.25, 0.3) is 22.5 Å². The predicted octanol–water partition coefficient (Wildman–Crippen LogP) is 3.61. The van der Waals surface area contributed by atoms with Gasteiger partial charge in [0, 0.05) is 12.0 Å². The van der Waals surface area contributed by atoms with Gasteiger partial charge in [-0.25, -0.2) is 4.79 Å².